The van der Waals surface area contributed by atoms with Gasteiger partial charge in [0.05, 0.1) is 5.52 Å². The smallest absolute Gasteiger partial charge is 0.406 e. The zero-order chi connectivity index (χ0) is 22.7. The lowest BCUT2D eigenvalue weighted by atomic mass is 9.90. The van der Waals surface area contributed by atoms with Crippen LogP contribution in [0, 0.1) is 0 Å². The number of aromatic nitrogens is 1. The van der Waals surface area contributed by atoms with Gasteiger partial charge in [0.25, 0.3) is 0 Å². The number of pyridine rings is 1. The molecule has 0 aliphatic heterocycles. The summed E-state index contributed by atoms with van der Waals surface area (Å²) in [6, 6.07) is 14.1. The summed E-state index contributed by atoms with van der Waals surface area (Å²) in [5.41, 5.74) is 8.42. The van der Waals surface area contributed by atoms with Gasteiger partial charge in [-0.25, -0.2) is 4.98 Å². The predicted molar refractivity (Wildman–Crippen MR) is 121 cm³/mol. The number of anilines is 2. The Bertz CT molecular complexity index is 1080. The first-order valence-electron chi connectivity index (χ1n) is 10.5. The van der Waals surface area contributed by atoms with Crippen molar-refractivity contribution in [2.75, 3.05) is 11.1 Å². The fourth-order valence-electron chi connectivity index (χ4n) is 4.12. The van der Waals surface area contributed by atoms with E-state index in [9.17, 15) is 13.2 Å². The number of rotatable bonds is 6. The van der Waals surface area contributed by atoms with E-state index in [-0.39, 0.29) is 5.75 Å². The minimum atomic E-state index is -4.69. The number of nitrogens with one attached hydrogen (secondary N) is 2. The minimum Gasteiger partial charge on any atom is -0.406 e. The number of hydrogen-bond donors (Lipinski definition) is 3. The Kier molecular flexibility index (Phi) is 6.62. The number of fused-ring (bicyclic) bond motifs is 1. The molecule has 0 amide bonds. The van der Waals surface area contributed by atoms with E-state index in [1.807, 2.05) is 18.2 Å². The monoisotopic (exact) mass is 464 g/mol. The van der Waals surface area contributed by atoms with E-state index >= 15 is 0 Å². The van der Waals surface area contributed by atoms with E-state index in [4.69, 9.17) is 17.3 Å². The first-order valence-corrected chi connectivity index (χ1v) is 10.8. The number of ether oxygens (including phenoxy) is 1. The lowest BCUT2D eigenvalue weighted by Gasteiger charge is -2.31. The third kappa shape index (κ3) is 5.95. The van der Waals surface area contributed by atoms with E-state index in [2.05, 4.69) is 20.4 Å². The van der Waals surface area contributed by atoms with Crippen LogP contribution in [0.4, 0.5) is 24.7 Å². The van der Waals surface area contributed by atoms with Crippen molar-refractivity contribution in [1.29, 1.82) is 0 Å². The molecule has 1 saturated carbocycles. The van der Waals surface area contributed by atoms with Gasteiger partial charge in [0, 0.05) is 40.8 Å². The van der Waals surface area contributed by atoms with Gasteiger partial charge in [-0.15, -0.1) is 13.2 Å². The summed E-state index contributed by atoms with van der Waals surface area (Å²) in [5, 5.41) is 8.63. The van der Waals surface area contributed by atoms with Crippen molar-refractivity contribution >= 4 is 34.0 Å². The van der Waals surface area contributed by atoms with Crippen molar-refractivity contribution in [2.45, 2.75) is 50.7 Å². The molecule has 9 heteroatoms. The molecule has 1 aliphatic carbocycles. The topological polar surface area (TPSA) is 72.2 Å². The molecule has 2 aromatic carbocycles. The Morgan fingerprint density at radius 2 is 1.78 bits per heavy atom. The van der Waals surface area contributed by atoms with Gasteiger partial charge in [0.2, 0.25) is 0 Å². The lowest BCUT2D eigenvalue weighted by Crippen LogP contribution is -2.36. The summed E-state index contributed by atoms with van der Waals surface area (Å²) in [4.78, 5) is 4.35. The van der Waals surface area contributed by atoms with E-state index < -0.39 is 6.36 Å². The molecule has 5 nitrogen and oxygen atoms in total. The maximum absolute atomic E-state index is 12.4. The summed E-state index contributed by atoms with van der Waals surface area (Å²) >= 11 is 6.08. The molecule has 1 heterocycles. The van der Waals surface area contributed by atoms with Gasteiger partial charge in [0.15, 0.2) is 0 Å². The molecule has 4 rings (SSSR count). The first-order chi connectivity index (χ1) is 15.2. The van der Waals surface area contributed by atoms with Crippen LogP contribution in [-0.2, 0) is 6.54 Å². The first kappa shape index (κ1) is 22.5. The number of halogens is 4. The molecule has 1 aromatic heterocycles. The van der Waals surface area contributed by atoms with E-state index in [0.29, 0.717) is 29.5 Å². The Morgan fingerprint density at radius 3 is 2.53 bits per heavy atom. The Balaban J connectivity index is 1.31. The van der Waals surface area contributed by atoms with Gasteiger partial charge in [-0.1, -0.05) is 23.7 Å². The Labute approximate surface area is 189 Å². The second kappa shape index (κ2) is 9.42. The molecule has 1 fully saturated rings. The Hall–Kier alpha value is -2.71. The highest BCUT2D eigenvalue weighted by Gasteiger charge is 2.31. The molecule has 0 saturated heterocycles. The van der Waals surface area contributed by atoms with Gasteiger partial charge in [0.1, 0.15) is 11.6 Å². The van der Waals surface area contributed by atoms with E-state index in [1.165, 1.54) is 12.1 Å². The summed E-state index contributed by atoms with van der Waals surface area (Å²) in [7, 11) is 0. The molecule has 0 unspecified atom stereocenters. The summed E-state index contributed by atoms with van der Waals surface area (Å²) in [6.07, 6.45) is -0.839. The number of nitrogen functional groups attached to an aromatic ring is 1. The van der Waals surface area contributed by atoms with Gasteiger partial charge in [-0.05, 0) is 61.6 Å². The van der Waals surface area contributed by atoms with Crippen LogP contribution in [0.3, 0.4) is 0 Å². The van der Waals surface area contributed by atoms with Crippen molar-refractivity contribution in [3.05, 3.63) is 59.1 Å². The molecular weight excluding hydrogens is 441 g/mol. The SMILES string of the molecule is Nc1cc(NC2CCC(NCc3cccc(OC(F)(F)F)c3)CC2)c2ccc(Cl)cc2n1. The molecule has 0 radical (unpaired) electrons. The number of hydrogen-bond acceptors (Lipinski definition) is 5. The van der Waals surface area contributed by atoms with Crippen molar-refractivity contribution in [1.82, 2.24) is 10.3 Å². The zero-order valence-electron chi connectivity index (χ0n) is 17.3. The normalized spacial score (nSPS) is 19.1. The van der Waals surface area contributed by atoms with Crippen LogP contribution < -0.4 is 21.1 Å². The minimum absolute atomic E-state index is 0.199. The average Bonchev–Trinajstić information content (AvgIpc) is 2.72. The molecule has 0 bridgehead atoms. The highest BCUT2D eigenvalue weighted by Crippen LogP contribution is 2.30. The molecule has 32 heavy (non-hydrogen) atoms. The fraction of sp³-hybridized carbons (Fsp3) is 0.348. The third-order valence-corrected chi connectivity index (χ3v) is 5.84. The quantitative estimate of drug-likeness (QED) is 0.424. The number of alkyl halides is 3. The largest absolute Gasteiger partial charge is 0.573 e. The van der Waals surface area contributed by atoms with Gasteiger partial charge < -0.3 is 21.1 Å². The van der Waals surface area contributed by atoms with Crippen LogP contribution in [0.15, 0.2) is 48.5 Å². The zero-order valence-corrected chi connectivity index (χ0v) is 18.0. The highest BCUT2D eigenvalue weighted by atomic mass is 35.5. The van der Waals surface area contributed by atoms with Gasteiger partial charge in [-0.3, -0.25) is 0 Å². The predicted octanol–water partition coefficient (Wildman–Crippen LogP) is 5.88. The number of nitrogens with two attached hydrogens (primary N) is 1. The number of benzene rings is 2. The summed E-state index contributed by atoms with van der Waals surface area (Å²) < 4.78 is 41.2. The molecule has 0 atom stereocenters. The van der Waals surface area contributed by atoms with E-state index in [1.54, 1.807) is 18.2 Å². The van der Waals surface area contributed by atoms with Crippen molar-refractivity contribution < 1.29 is 17.9 Å². The average molecular weight is 465 g/mol. The van der Waals surface area contributed by atoms with Crippen molar-refractivity contribution in [3.8, 4) is 5.75 Å². The van der Waals surface area contributed by atoms with Crippen LogP contribution in [0.2, 0.25) is 5.02 Å². The second-order valence-electron chi connectivity index (χ2n) is 8.03. The van der Waals surface area contributed by atoms with Crippen LogP contribution in [0.25, 0.3) is 10.9 Å². The van der Waals surface area contributed by atoms with Crippen LogP contribution in [-0.4, -0.2) is 23.4 Å². The molecule has 0 spiro atoms. The molecule has 170 valence electrons. The molecule has 3 aromatic rings. The third-order valence-electron chi connectivity index (χ3n) is 5.61. The van der Waals surface area contributed by atoms with Crippen LogP contribution in [0.5, 0.6) is 5.75 Å². The standard InChI is InChI=1S/C23H24ClF3N4O/c24-15-4-9-19-20(11-15)31-22(28)12-21(19)30-17-7-5-16(6-8-17)29-13-14-2-1-3-18(10-14)32-23(25,26)27/h1-4,9-12,16-17,29H,5-8,13H2,(H3,28,30,31). The summed E-state index contributed by atoms with van der Waals surface area (Å²) in [6.45, 7) is 0.490. The molecule has 1 aliphatic rings. The maximum Gasteiger partial charge on any atom is 0.573 e. The fourth-order valence-corrected chi connectivity index (χ4v) is 4.28. The van der Waals surface area contributed by atoms with Crippen molar-refractivity contribution in [3.63, 3.8) is 0 Å². The number of nitrogens with zero attached hydrogens (tertiary/aromatic N) is 1. The van der Waals surface area contributed by atoms with Gasteiger partial charge in [-0.2, -0.15) is 0 Å². The van der Waals surface area contributed by atoms with Crippen LogP contribution >= 0.6 is 11.6 Å². The summed E-state index contributed by atoms with van der Waals surface area (Å²) in [5.74, 6) is 0.240. The molecule has 4 N–H and O–H groups in total. The second-order valence-corrected chi connectivity index (χ2v) is 8.46. The Morgan fingerprint density at radius 1 is 1.03 bits per heavy atom. The van der Waals surface area contributed by atoms with Crippen LogP contribution in [0.1, 0.15) is 31.2 Å². The lowest BCUT2D eigenvalue weighted by molar-refractivity contribution is -0.274. The maximum atomic E-state index is 12.4. The van der Waals surface area contributed by atoms with Crippen molar-refractivity contribution in [2.24, 2.45) is 0 Å². The van der Waals surface area contributed by atoms with E-state index in [0.717, 1.165) is 47.8 Å². The van der Waals surface area contributed by atoms with Gasteiger partial charge >= 0.3 is 6.36 Å². The highest BCUT2D eigenvalue weighted by molar-refractivity contribution is 6.31. The molecular formula is C23H24ClF3N4O.